The molecule has 2 aromatic rings. The summed E-state index contributed by atoms with van der Waals surface area (Å²) < 4.78 is 11.6. The van der Waals surface area contributed by atoms with Crippen molar-refractivity contribution in [2.75, 3.05) is 20.8 Å². The van der Waals surface area contributed by atoms with Gasteiger partial charge in [0.1, 0.15) is 5.69 Å². The van der Waals surface area contributed by atoms with Crippen LogP contribution in [0.4, 0.5) is 0 Å². The Morgan fingerprint density at radius 1 is 1.31 bits per heavy atom. The fourth-order valence-corrected chi connectivity index (χ4v) is 5.01. The van der Waals surface area contributed by atoms with Gasteiger partial charge < -0.3 is 19.4 Å². The number of likely N-dealkylation sites (tertiary alicyclic amines) is 1. The van der Waals surface area contributed by atoms with Crippen LogP contribution in [-0.4, -0.2) is 54.3 Å². The summed E-state index contributed by atoms with van der Waals surface area (Å²) in [4.78, 5) is 18.9. The molecule has 1 saturated heterocycles. The van der Waals surface area contributed by atoms with E-state index in [0.717, 1.165) is 60.8 Å². The fraction of sp³-hybridized carbons (Fsp3) is 0.571. The van der Waals surface area contributed by atoms with Gasteiger partial charge in [-0.1, -0.05) is 25.1 Å². The second-order valence-electron chi connectivity index (χ2n) is 7.54. The number of rotatable bonds is 4. The summed E-state index contributed by atoms with van der Waals surface area (Å²) in [6.45, 7) is 2.85. The normalized spacial score (nSPS) is 28.5. The van der Waals surface area contributed by atoms with E-state index in [2.05, 4.69) is 18.0 Å². The van der Waals surface area contributed by atoms with Crippen molar-refractivity contribution < 1.29 is 14.3 Å². The first-order valence-electron chi connectivity index (χ1n) is 9.62. The predicted octanol–water partition coefficient (Wildman–Crippen LogP) is 3.53. The number of carbonyl (C=O) groups excluding carboxylic acids is 1. The summed E-state index contributed by atoms with van der Waals surface area (Å²) >= 11 is 0. The van der Waals surface area contributed by atoms with Crippen molar-refractivity contribution in [3.63, 3.8) is 0 Å². The number of para-hydroxylation sites is 1. The molecular formula is C21H28N2O3. The number of H-pyrrole nitrogens is 1. The number of methoxy groups -OCH3 is 2. The zero-order valence-electron chi connectivity index (χ0n) is 15.9. The number of carbonyl (C=O) groups is 1. The molecule has 4 rings (SSSR count). The van der Waals surface area contributed by atoms with Crippen molar-refractivity contribution in [2.24, 2.45) is 0 Å². The van der Waals surface area contributed by atoms with Crippen molar-refractivity contribution in [1.82, 2.24) is 9.88 Å². The van der Waals surface area contributed by atoms with E-state index in [9.17, 15) is 4.79 Å². The molecule has 2 heterocycles. The van der Waals surface area contributed by atoms with Crippen LogP contribution < -0.4 is 0 Å². The lowest BCUT2D eigenvalue weighted by atomic mass is 9.79. The van der Waals surface area contributed by atoms with E-state index >= 15 is 0 Å². The fourth-order valence-electron chi connectivity index (χ4n) is 5.01. The van der Waals surface area contributed by atoms with Crippen LogP contribution in [0.1, 0.15) is 48.7 Å². The van der Waals surface area contributed by atoms with Gasteiger partial charge in [0.15, 0.2) is 0 Å². The number of aromatic nitrogens is 1. The molecule has 3 atom stereocenters. The molecule has 2 fully saturated rings. The number of nitrogens with zero attached hydrogens (tertiary/aromatic N) is 1. The van der Waals surface area contributed by atoms with Gasteiger partial charge in [0.2, 0.25) is 0 Å². The van der Waals surface area contributed by atoms with E-state index in [1.54, 1.807) is 14.2 Å². The van der Waals surface area contributed by atoms with Crippen LogP contribution in [0.5, 0.6) is 0 Å². The van der Waals surface area contributed by atoms with Crippen molar-refractivity contribution in [2.45, 2.75) is 56.8 Å². The summed E-state index contributed by atoms with van der Waals surface area (Å²) in [6.07, 6.45) is 4.72. The summed E-state index contributed by atoms with van der Waals surface area (Å²) in [5.74, 6) is 0.0960. The maximum Gasteiger partial charge on any atom is 0.270 e. The first-order chi connectivity index (χ1) is 12.6. The molecule has 1 N–H and O–H groups in total. The highest BCUT2D eigenvalue weighted by Crippen LogP contribution is 2.43. The van der Waals surface area contributed by atoms with E-state index in [4.69, 9.17) is 9.47 Å². The number of hydrogen-bond acceptors (Lipinski definition) is 3. The van der Waals surface area contributed by atoms with Crippen LogP contribution in [0.25, 0.3) is 10.9 Å². The molecule has 1 aliphatic heterocycles. The first-order valence-corrected chi connectivity index (χ1v) is 9.62. The van der Waals surface area contributed by atoms with Crippen molar-refractivity contribution in [3.05, 3.63) is 35.5 Å². The highest BCUT2D eigenvalue weighted by Gasteiger charge is 2.53. The summed E-state index contributed by atoms with van der Waals surface area (Å²) in [5, 5.41) is 1.15. The third-order valence-electron chi connectivity index (χ3n) is 6.52. The Morgan fingerprint density at radius 2 is 2.12 bits per heavy atom. The maximum absolute atomic E-state index is 13.5. The van der Waals surface area contributed by atoms with E-state index < -0.39 is 0 Å². The lowest BCUT2D eigenvalue weighted by molar-refractivity contribution is -0.0894. The van der Waals surface area contributed by atoms with Crippen molar-refractivity contribution >= 4 is 16.8 Å². The molecule has 1 aromatic heterocycles. The van der Waals surface area contributed by atoms with Crippen molar-refractivity contribution in [3.8, 4) is 0 Å². The van der Waals surface area contributed by atoms with Gasteiger partial charge in [-0.25, -0.2) is 0 Å². The average molecular weight is 356 g/mol. The van der Waals surface area contributed by atoms with E-state index in [1.807, 2.05) is 23.1 Å². The molecular weight excluding hydrogens is 328 g/mol. The van der Waals surface area contributed by atoms with Gasteiger partial charge in [-0.05, 0) is 43.7 Å². The Kier molecular flexibility index (Phi) is 4.53. The third kappa shape index (κ3) is 2.57. The molecule has 1 amide bonds. The minimum Gasteiger partial charge on any atom is -0.381 e. The van der Waals surface area contributed by atoms with Gasteiger partial charge in [-0.15, -0.1) is 0 Å². The molecule has 0 spiro atoms. The van der Waals surface area contributed by atoms with E-state index in [0.29, 0.717) is 0 Å². The van der Waals surface area contributed by atoms with Crippen LogP contribution in [-0.2, 0) is 15.9 Å². The Labute approximate surface area is 154 Å². The minimum absolute atomic E-state index is 0.0785. The highest BCUT2D eigenvalue weighted by molar-refractivity contribution is 6.01. The molecule has 0 bridgehead atoms. The lowest BCUT2D eigenvalue weighted by Crippen LogP contribution is -2.53. The summed E-state index contributed by atoms with van der Waals surface area (Å²) in [6, 6.07) is 8.24. The molecule has 2 unspecified atom stereocenters. The van der Waals surface area contributed by atoms with Crippen LogP contribution in [0.15, 0.2) is 24.3 Å². The van der Waals surface area contributed by atoms with Gasteiger partial charge in [0.05, 0.1) is 17.7 Å². The predicted molar refractivity (Wildman–Crippen MR) is 102 cm³/mol. The molecule has 140 valence electrons. The molecule has 0 radical (unpaired) electrons. The molecule has 1 aromatic carbocycles. The SMILES string of the molecule is CCc1c(C(=O)N2CC[C@]3(OC)CCC(OC)CC23)[nH]c2ccccc12. The monoisotopic (exact) mass is 356 g/mol. The number of nitrogens with one attached hydrogen (secondary N) is 1. The zero-order valence-corrected chi connectivity index (χ0v) is 15.9. The van der Waals surface area contributed by atoms with E-state index in [1.165, 1.54) is 0 Å². The number of amides is 1. The number of ether oxygens (including phenoxy) is 2. The molecule has 5 nitrogen and oxygen atoms in total. The van der Waals surface area contributed by atoms with Gasteiger partial charge in [0, 0.05) is 31.7 Å². The van der Waals surface area contributed by atoms with Crippen LogP contribution in [0.3, 0.4) is 0 Å². The Morgan fingerprint density at radius 3 is 2.85 bits per heavy atom. The molecule has 5 heteroatoms. The number of benzene rings is 1. The quantitative estimate of drug-likeness (QED) is 0.912. The Hall–Kier alpha value is -1.85. The average Bonchev–Trinajstić information content (AvgIpc) is 3.25. The number of aromatic amines is 1. The number of hydrogen-bond donors (Lipinski definition) is 1. The second kappa shape index (κ2) is 6.71. The second-order valence-corrected chi connectivity index (χ2v) is 7.54. The molecule has 2 aliphatic rings. The van der Waals surface area contributed by atoms with Crippen LogP contribution in [0.2, 0.25) is 0 Å². The highest BCUT2D eigenvalue weighted by atomic mass is 16.5. The Bertz CT molecular complexity index is 815. The van der Waals surface area contributed by atoms with Gasteiger partial charge in [0.25, 0.3) is 5.91 Å². The standard InChI is InChI=1S/C21H28N2O3/c1-4-15-16-7-5-6-8-17(16)22-19(15)20(24)23-12-11-21(26-3)10-9-14(25-2)13-18(21)23/h5-8,14,18,22H,4,9-13H2,1-3H3/t14?,18?,21-/m1/s1. The minimum atomic E-state index is -0.219. The maximum atomic E-state index is 13.5. The van der Waals surface area contributed by atoms with Crippen LogP contribution >= 0.6 is 0 Å². The smallest absolute Gasteiger partial charge is 0.270 e. The van der Waals surface area contributed by atoms with E-state index in [-0.39, 0.29) is 23.7 Å². The van der Waals surface area contributed by atoms with Gasteiger partial charge in [-0.3, -0.25) is 4.79 Å². The number of fused-ring (bicyclic) bond motifs is 2. The third-order valence-corrected chi connectivity index (χ3v) is 6.52. The first kappa shape index (κ1) is 17.6. The summed E-state index contributed by atoms with van der Waals surface area (Å²) in [7, 11) is 3.55. The molecule has 1 aliphatic carbocycles. The van der Waals surface area contributed by atoms with Gasteiger partial charge in [-0.2, -0.15) is 0 Å². The topological polar surface area (TPSA) is 54.6 Å². The van der Waals surface area contributed by atoms with Gasteiger partial charge >= 0.3 is 0 Å². The largest absolute Gasteiger partial charge is 0.381 e. The molecule has 1 saturated carbocycles. The lowest BCUT2D eigenvalue weighted by Gasteiger charge is -2.43. The Balaban J connectivity index is 1.70. The zero-order chi connectivity index (χ0) is 18.3. The molecule has 26 heavy (non-hydrogen) atoms. The summed E-state index contributed by atoms with van der Waals surface area (Å²) in [5.41, 5.74) is 2.66. The van der Waals surface area contributed by atoms with Crippen LogP contribution in [0, 0.1) is 0 Å². The number of aryl methyl sites for hydroxylation is 1. The van der Waals surface area contributed by atoms with Crippen molar-refractivity contribution in [1.29, 1.82) is 0 Å².